The summed E-state index contributed by atoms with van der Waals surface area (Å²) in [6.07, 6.45) is 3.54. The molecule has 7 heteroatoms. The maximum absolute atomic E-state index is 6.12. The van der Waals surface area contributed by atoms with Gasteiger partial charge < -0.3 is 11.5 Å². The van der Waals surface area contributed by atoms with Crippen molar-refractivity contribution in [3.8, 4) is 11.3 Å². The minimum atomic E-state index is 0.476. The van der Waals surface area contributed by atoms with E-state index in [1.807, 2.05) is 12.1 Å². The summed E-state index contributed by atoms with van der Waals surface area (Å²) in [5.41, 5.74) is 15.4. The van der Waals surface area contributed by atoms with Gasteiger partial charge in [-0.1, -0.05) is 12.1 Å². The van der Waals surface area contributed by atoms with Crippen LogP contribution in [-0.4, -0.2) is 26.7 Å². The van der Waals surface area contributed by atoms with E-state index in [-0.39, 0.29) is 0 Å². The van der Waals surface area contributed by atoms with E-state index in [2.05, 4.69) is 32.3 Å². The van der Waals surface area contributed by atoms with Gasteiger partial charge in [0.1, 0.15) is 5.52 Å². The number of nitrogens with two attached hydrogens (primary N) is 2. The molecule has 116 valence electrons. The summed E-state index contributed by atoms with van der Waals surface area (Å²) >= 11 is 1.68. The van der Waals surface area contributed by atoms with Crippen LogP contribution in [0.4, 0.5) is 5.82 Å². The second-order valence-corrected chi connectivity index (χ2v) is 6.46. The molecule has 5 N–H and O–H groups in total. The molecule has 4 rings (SSSR count). The van der Waals surface area contributed by atoms with Crippen LogP contribution in [0, 0.1) is 0 Å². The molecule has 1 aromatic carbocycles. The molecule has 0 spiro atoms. The van der Waals surface area contributed by atoms with Crippen molar-refractivity contribution in [1.29, 1.82) is 0 Å². The second-order valence-electron chi connectivity index (χ2n) is 5.38. The standard InChI is InChI=1S/C16H16N6S/c17-6-1-2-13-21-14-15(23-13)10-4-3-9(11-5-7-19-22-11)8-12(10)20-16(14)18/h3-5,7-8H,1-2,6,17H2,(H2,18,20)(H,19,22). The van der Waals surface area contributed by atoms with Crippen LogP contribution < -0.4 is 11.5 Å². The molecule has 0 amide bonds. The number of hydrogen-bond donors (Lipinski definition) is 3. The van der Waals surface area contributed by atoms with Gasteiger partial charge in [-0.15, -0.1) is 11.3 Å². The second kappa shape index (κ2) is 5.60. The lowest BCUT2D eigenvalue weighted by Gasteiger charge is -2.03. The molecule has 0 bridgehead atoms. The minimum absolute atomic E-state index is 0.476. The molecule has 0 fully saturated rings. The predicted octanol–water partition coefficient (Wildman–Crippen LogP) is 2.71. The van der Waals surface area contributed by atoms with Crippen molar-refractivity contribution in [3.05, 3.63) is 35.5 Å². The fourth-order valence-electron chi connectivity index (χ4n) is 2.66. The molecule has 6 nitrogen and oxygen atoms in total. The third-order valence-corrected chi connectivity index (χ3v) is 4.95. The minimum Gasteiger partial charge on any atom is -0.382 e. The number of rotatable bonds is 4. The Morgan fingerprint density at radius 3 is 2.87 bits per heavy atom. The number of anilines is 1. The Hall–Kier alpha value is -2.51. The van der Waals surface area contributed by atoms with Crippen molar-refractivity contribution in [2.75, 3.05) is 12.3 Å². The average Bonchev–Trinajstić information content (AvgIpc) is 3.22. The zero-order valence-corrected chi connectivity index (χ0v) is 13.2. The Kier molecular flexibility index (Phi) is 3.44. The molecule has 4 aromatic rings. The molecule has 0 saturated carbocycles. The molecule has 0 unspecified atom stereocenters. The maximum atomic E-state index is 6.12. The van der Waals surface area contributed by atoms with Crippen molar-refractivity contribution in [2.24, 2.45) is 5.73 Å². The normalized spacial score (nSPS) is 11.5. The van der Waals surface area contributed by atoms with Gasteiger partial charge in [0, 0.05) is 23.6 Å². The first kappa shape index (κ1) is 14.1. The lowest BCUT2D eigenvalue weighted by Crippen LogP contribution is -1.99. The van der Waals surface area contributed by atoms with E-state index in [1.165, 1.54) is 0 Å². The summed E-state index contributed by atoms with van der Waals surface area (Å²) in [6.45, 7) is 0.665. The van der Waals surface area contributed by atoms with Crippen LogP contribution in [0.25, 0.3) is 32.4 Å². The highest BCUT2D eigenvalue weighted by Gasteiger charge is 2.13. The number of aromatic nitrogens is 4. The van der Waals surface area contributed by atoms with Gasteiger partial charge in [-0.25, -0.2) is 9.97 Å². The van der Waals surface area contributed by atoms with Crippen molar-refractivity contribution >= 4 is 38.3 Å². The number of benzene rings is 1. The fourth-order valence-corrected chi connectivity index (χ4v) is 3.81. The van der Waals surface area contributed by atoms with Crippen LogP contribution >= 0.6 is 11.3 Å². The van der Waals surface area contributed by atoms with E-state index in [0.29, 0.717) is 12.4 Å². The summed E-state index contributed by atoms with van der Waals surface area (Å²) < 4.78 is 1.09. The Morgan fingerprint density at radius 1 is 1.17 bits per heavy atom. The number of nitrogen functional groups attached to an aromatic ring is 1. The SMILES string of the molecule is NCCCc1nc2c(N)nc3cc(-c4ccn[nH]4)ccc3c2s1. The predicted molar refractivity (Wildman–Crippen MR) is 94.3 cm³/mol. The highest BCUT2D eigenvalue weighted by atomic mass is 32.1. The van der Waals surface area contributed by atoms with Crippen molar-refractivity contribution < 1.29 is 0 Å². The Labute approximate surface area is 136 Å². The Balaban J connectivity index is 1.89. The highest BCUT2D eigenvalue weighted by molar-refractivity contribution is 7.19. The van der Waals surface area contributed by atoms with Gasteiger partial charge in [0.2, 0.25) is 0 Å². The molecule has 0 radical (unpaired) electrons. The summed E-state index contributed by atoms with van der Waals surface area (Å²) in [7, 11) is 0. The summed E-state index contributed by atoms with van der Waals surface area (Å²) in [5.74, 6) is 0.476. The number of aryl methyl sites for hydroxylation is 1. The molecule has 0 aliphatic rings. The molecule has 0 atom stereocenters. The number of aromatic amines is 1. The molecule has 3 heterocycles. The number of H-pyrrole nitrogens is 1. The van der Waals surface area contributed by atoms with Crippen LogP contribution in [0.1, 0.15) is 11.4 Å². The first-order valence-corrected chi connectivity index (χ1v) is 8.26. The van der Waals surface area contributed by atoms with Gasteiger partial charge in [-0.2, -0.15) is 5.10 Å². The van der Waals surface area contributed by atoms with Gasteiger partial charge >= 0.3 is 0 Å². The zero-order valence-electron chi connectivity index (χ0n) is 12.4. The number of nitrogens with zero attached hydrogens (tertiary/aromatic N) is 3. The van der Waals surface area contributed by atoms with Gasteiger partial charge in [0.15, 0.2) is 5.82 Å². The molecular formula is C16H16N6S. The molecule has 0 saturated heterocycles. The van der Waals surface area contributed by atoms with E-state index in [1.54, 1.807) is 17.5 Å². The molecular weight excluding hydrogens is 308 g/mol. The number of pyridine rings is 1. The van der Waals surface area contributed by atoms with E-state index < -0.39 is 0 Å². The molecule has 3 aromatic heterocycles. The van der Waals surface area contributed by atoms with Crippen molar-refractivity contribution in [3.63, 3.8) is 0 Å². The molecule has 23 heavy (non-hydrogen) atoms. The molecule has 0 aliphatic heterocycles. The smallest absolute Gasteiger partial charge is 0.151 e. The number of nitrogens with one attached hydrogen (secondary N) is 1. The maximum Gasteiger partial charge on any atom is 0.151 e. The molecule has 0 aliphatic carbocycles. The number of hydrogen-bond acceptors (Lipinski definition) is 6. The summed E-state index contributed by atoms with van der Waals surface area (Å²) in [4.78, 5) is 9.16. The van der Waals surface area contributed by atoms with Crippen molar-refractivity contribution in [1.82, 2.24) is 20.2 Å². The lowest BCUT2D eigenvalue weighted by molar-refractivity contribution is 0.828. The number of thiazole rings is 1. The van der Waals surface area contributed by atoms with Crippen molar-refractivity contribution in [2.45, 2.75) is 12.8 Å². The topological polar surface area (TPSA) is 106 Å². The van der Waals surface area contributed by atoms with Crippen LogP contribution in [0.5, 0.6) is 0 Å². The van der Waals surface area contributed by atoms with Gasteiger partial charge in [0.25, 0.3) is 0 Å². The first-order chi connectivity index (χ1) is 11.3. The quantitative estimate of drug-likeness (QED) is 0.535. The Bertz CT molecular complexity index is 973. The zero-order chi connectivity index (χ0) is 15.8. The third kappa shape index (κ3) is 2.43. The average molecular weight is 324 g/mol. The van der Waals surface area contributed by atoms with E-state index in [9.17, 15) is 0 Å². The lowest BCUT2D eigenvalue weighted by atomic mass is 10.1. The monoisotopic (exact) mass is 324 g/mol. The van der Waals surface area contributed by atoms with Gasteiger partial charge in [-0.3, -0.25) is 5.10 Å². The van der Waals surface area contributed by atoms with E-state index in [4.69, 9.17) is 11.5 Å². The largest absolute Gasteiger partial charge is 0.382 e. The van der Waals surface area contributed by atoms with Crippen LogP contribution in [0.2, 0.25) is 0 Å². The summed E-state index contributed by atoms with van der Waals surface area (Å²) in [6, 6.07) is 8.09. The highest BCUT2D eigenvalue weighted by Crippen LogP contribution is 2.34. The van der Waals surface area contributed by atoms with E-state index in [0.717, 1.165) is 50.2 Å². The van der Waals surface area contributed by atoms with E-state index >= 15 is 0 Å². The first-order valence-electron chi connectivity index (χ1n) is 7.45. The van der Waals surface area contributed by atoms with Crippen LogP contribution in [-0.2, 0) is 6.42 Å². The summed E-state index contributed by atoms with van der Waals surface area (Å²) in [5, 5.41) is 9.09. The fraction of sp³-hybridized carbons (Fsp3) is 0.188. The van der Waals surface area contributed by atoms with Crippen LogP contribution in [0.3, 0.4) is 0 Å². The Morgan fingerprint density at radius 2 is 2.09 bits per heavy atom. The third-order valence-electron chi connectivity index (χ3n) is 3.80. The van der Waals surface area contributed by atoms with Gasteiger partial charge in [-0.05, 0) is 25.1 Å². The van der Waals surface area contributed by atoms with Crippen LogP contribution in [0.15, 0.2) is 30.5 Å². The van der Waals surface area contributed by atoms with Gasteiger partial charge in [0.05, 0.1) is 20.9 Å². The number of fused-ring (bicyclic) bond motifs is 3.